The van der Waals surface area contributed by atoms with E-state index in [4.69, 9.17) is 0 Å². The summed E-state index contributed by atoms with van der Waals surface area (Å²) in [5.41, 5.74) is 0. The zero-order valence-corrected chi connectivity index (χ0v) is 6.29. The number of amides is 4. The summed E-state index contributed by atoms with van der Waals surface area (Å²) in [6.07, 6.45) is 0. The quantitative estimate of drug-likeness (QED) is 0.541. The van der Waals surface area contributed by atoms with Gasteiger partial charge in [0, 0.05) is 6.92 Å². The van der Waals surface area contributed by atoms with E-state index in [9.17, 15) is 14.4 Å². The van der Waals surface area contributed by atoms with E-state index in [1.807, 2.05) is 0 Å². The van der Waals surface area contributed by atoms with Crippen molar-refractivity contribution in [3.8, 4) is 0 Å². The maximum absolute atomic E-state index is 10.8. The Morgan fingerprint density at radius 2 is 1.92 bits per heavy atom. The standard InChI is InChI=1S/C5H7N3O4/c1-3(9)12-8-4(10)6-2-7-5(8)11/h2H2,1H3,(H,6,10)(H,7,11). The predicted octanol–water partition coefficient (Wildman–Crippen LogP) is -0.843. The molecule has 1 heterocycles. The van der Waals surface area contributed by atoms with E-state index in [1.54, 1.807) is 0 Å². The third-order valence-electron chi connectivity index (χ3n) is 1.07. The largest absolute Gasteiger partial charge is 0.361 e. The lowest BCUT2D eigenvalue weighted by atomic mass is 10.7. The van der Waals surface area contributed by atoms with E-state index in [0.717, 1.165) is 6.92 Å². The summed E-state index contributed by atoms with van der Waals surface area (Å²) in [7, 11) is 0. The van der Waals surface area contributed by atoms with Gasteiger partial charge in [-0.05, 0) is 0 Å². The summed E-state index contributed by atoms with van der Waals surface area (Å²) in [6.45, 7) is 1.13. The molecule has 0 saturated carbocycles. The van der Waals surface area contributed by atoms with Gasteiger partial charge in [0.1, 0.15) is 0 Å². The number of hydroxylamine groups is 2. The molecule has 66 valence electrons. The summed E-state index contributed by atoms with van der Waals surface area (Å²) in [5.74, 6) is -0.734. The molecule has 0 unspecified atom stereocenters. The summed E-state index contributed by atoms with van der Waals surface area (Å²) in [5, 5.41) is 4.82. The molecule has 0 atom stereocenters. The van der Waals surface area contributed by atoms with Gasteiger partial charge in [0.15, 0.2) is 0 Å². The van der Waals surface area contributed by atoms with Gasteiger partial charge in [0.05, 0.1) is 6.67 Å². The Labute approximate surface area is 67.6 Å². The topological polar surface area (TPSA) is 87.7 Å². The molecular formula is C5H7N3O4. The van der Waals surface area contributed by atoms with Crippen molar-refractivity contribution in [3.05, 3.63) is 0 Å². The maximum Gasteiger partial charge on any atom is 0.361 e. The van der Waals surface area contributed by atoms with Crippen molar-refractivity contribution < 1.29 is 19.2 Å². The summed E-state index contributed by atoms with van der Waals surface area (Å²) in [4.78, 5) is 36.3. The second kappa shape index (κ2) is 3.07. The molecule has 0 radical (unpaired) electrons. The molecular weight excluding hydrogens is 166 g/mol. The van der Waals surface area contributed by atoms with Gasteiger partial charge in [-0.25, -0.2) is 14.4 Å². The molecule has 0 aromatic heterocycles. The van der Waals surface area contributed by atoms with Crippen LogP contribution >= 0.6 is 0 Å². The highest BCUT2D eigenvalue weighted by Gasteiger charge is 2.28. The number of nitrogens with zero attached hydrogens (tertiary/aromatic N) is 1. The van der Waals surface area contributed by atoms with Crippen LogP contribution in [0.25, 0.3) is 0 Å². The molecule has 0 bridgehead atoms. The Kier molecular flexibility index (Phi) is 2.13. The van der Waals surface area contributed by atoms with Crippen LogP contribution in [-0.2, 0) is 9.63 Å². The van der Waals surface area contributed by atoms with E-state index in [-0.39, 0.29) is 6.67 Å². The van der Waals surface area contributed by atoms with Crippen molar-refractivity contribution in [1.29, 1.82) is 0 Å². The van der Waals surface area contributed by atoms with Gasteiger partial charge < -0.3 is 15.5 Å². The highest BCUT2D eigenvalue weighted by atomic mass is 16.7. The molecule has 0 aromatic carbocycles. The van der Waals surface area contributed by atoms with Gasteiger partial charge in [-0.3, -0.25) is 0 Å². The first-order chi connectivity index (χ1) is 5.61. The van der Waals surface area contributed by atoms with Crippen LogP contribution in [0.5, 0.6) is 0 Å². The fourth-order valence-electron chi connectivity index (χ4n) is 0.643. The minimum Gasteiger partial charge on any atom is -0.328 e. The molecule has 1 rings (SSSR count). The van der Waals surface area contributed by atoms with E-state index in [2.05, 4.69) is 15.5 Å². The molecule has 1 fully saturated rings. The average Bonchev–Trinajstić information content (AvgIpc) is 1.97. The second-order valence-electron chi connectivity index (χ2n) is 2.02. The lowest BCUT2D eigenvalue weighted by Crippen LogP contribution is -2.57. The molecule has 0 spiro atoms. The molecule has 0 aliphatic carbocycles. The third kappa shape index (κ3) is 1.62. The fraction of sp³-hybridized carbons (Fsp3) is 0.400. The third-order valence-corrected chi connectivity index (χ3v) is 1.07. The summed E-state index contributed by atoms with van der Waals surface area (Å²) in [6, 6.07) is -1.51. The highest BCUT2D eigenvalue weighted by Crippen LogP contribution is 1.96. The Balaban J connectivity index is 2.63. The van der Waals surface area contributed by atoms with Gasteiger partial charge in [-0.15, -0.1) is 0 Å². The number of rotatable bonds is 1. The molecule has 2 N–H and O–H groups in total. The Hall–Kier alpha value is -1.79. The van der Waals surface area contributed by atoms with Crippen LogP contribution in [0, 0.1) is 0 Å². The number of imide groups is 1. The van der Waals surface area contributed by atoms with Crippen LogP contribution in [0.15, 0.2) is 0 Å². The van der Waals surface area contributed by atoms with Crippen molar-refractivity contribution in [2.45, 2.75) is 6.92 Å². The first kappa shape index (κ1) is 8.31. The Bertz CT molecular complexity index is 223. The van der Waals surface area contributed by atoms with Gasteiger partial charge >= 0.3 is 18.0 Å². The van der Waals surface area contributed by atoms with E-state index < -0.39 is 18.0 Å². The molecule has 0 aromatic rings. The molecule has 1 aliphatic heterocycles. The molecule has 7 heteroatoms. The van der Waals surface area contributed by atoms with Crippen LogP contribution in [0.4, 0.5) is 9.59 Å². The highest BCUT2D eigenvalue weighted by molar-refractivity contribution is 5.95. The average molecular weight is 173 g/mol. The van der Waals surface area contributed by atoms with E-state index in [1.165, 1.54) is 0 Å². The molecule has 1 saturated heterocycles. The number of nitrogens with one attached hydrogen (secondary N) is 2. The lowest BCUT2D eigenvalue weighted by molar-refractivity contribution is -0.165. The van der Waals surface area contributed by atoms with Gasteiger partial charge in [0.25, 0.3) is 0 Å². The molecule has 1 aliphatic rings. The number of carbonyl (C=O) groups is 3. The number of hydrogen-bond acceptors (Lipinski definition) is 4. The Morgan fingerprint density at radius 1 is 1.42 bits per heavy atom. The Morgan fingerprint density at radius 3 is 2.33 bits per heavy atom. The minimum absolute atomic E-state index is 0.0371. The number of urea groups is 2. The van der Waals surface area contributed by atoms with Crippen LogP contribution in [0.1, 0.15) is 6.92 Å². The van der Waals surface area contributed by atoms with Gasteiger partial charge in [-0.2, -0.15) is 0 Å². The zero-order chi connectivity index (χ0) is 9.14. The van der Waals surface area contributed by atoms with Crippen molar-refractivity contribution in [1.82, 2.24) is 15.7 Å². The van der Waals surface area contributed by atoms with Crippen LogP contribution in [0.3, 0.4) is 0 Å². The second-order valence-corrected chi connectivity index (χ2v) is 2.02. The number of hydrogen-bond donors (Lipinski definition) is 2. The van der Waals surface area contributed by atoms with Crippen molar-refractivity contribution in [2.24, 2.45) is 0 Å². The SMILES string of the molecule is CC(=O)ON1C(=O)NCNC1=O. The number of carbonyl (C=O) groups excluding carboxylic acids is 3. The summed E-state index contributed by atoms with van der Waals surface area (Å²) < 4.78 is 0. The van der Waals surface area contributed by atoms with E-state index in [0.29, 0.717) is 5.06 Å². The monoisotopic (exact) mass is 173 g/mol. The normalized spacial score (nSPS) is 16.6. The molecule has 4 amide bonds. The first-order valence-corrected chi connectivity index (χ1v) is 3.15. The van der Waals surface area contributed by atoms with Crippen molar-refractivity contribution in [3.63, 3.8) is 0 Å². The van der Waals surface area contributed by atoms with Crippen LogP contribution < -0.4 is 10.6 Å². The van der Waals surface area contributed by atoms with Crippen molar-refractivity contribution in [2.75, 3.05) is 6.67 Å². The predicted molar refractivity (Wildman–Crippen MR) is 35.5 cm³/mol. The smallest absolute Gasteiger partial charge is 0.328 e. The fourth-order valence-corrected chi connectivity index (χ4v) is 0.643. The van der Waals surface area contributed by atoms with Crippen LogP contribution in [0.2, 0.25) is 0 Å². The zero-order valence-electron chi connectivity index (χ0n) is 6.29. The lowest BCUT2D eigenvalue weighted by Gasteiger charge is -2.23. The van der Waals surface area contributed by atoms with Crippen molar-refractivity contribution >= 4 is 18.0 Å². The first-order valence-electron chi connectivity index (χ1n) is 3.15. The molecule has 12 heavy (non-hydrogen) atoms. The summed E-state index contributed by atoms with van der Waals surface area (Å²) >= 11 is 0. The maximum atomic E-state index is 10.8. The minimum atomic E-state index is -0.756. The van der Waals surface area contributed by atoms with Gasteiger partial charge in [0.2, 0.25) is 0 Å². The van der Waals surface area contributed by atoms with Crippen LogP contribution in [-0.4, -0.2) is 29.8 Å². The van der Waals surface area contributed by atoms with Gasteiger partial charge in [-0.1, -0.05) is 5.06 Å². The van der Waals surface area contributed by atoms with E-state index >= 15 is 0 Å². The molecule has 7 nitrogen and oxygen atoms in total.